The molecule has 0 aliphatic carbocycles. The van der Waals surface area contributed by atoms with Crippen molar-refractivity contribution in [3.05, 3.63) is 75.0 Å². The monoisotopic (exact) mass is 494 g/mol. The van der Waals surface area contributed by atoms with Crippen LogP contribution in [0.3, 0.4) is 0 Å². The largest absolute Gasteiger partial charge is 0.324 e. The number of carbonyl (C=O) groups is 1. The summed E-state index contributed by atoms with van der Waals surface area (Å²) in [4.78, 5) is 13.4. The van der Waals surface area contributed by atoms with Gasteiger partial charge in [0.15, 0.2) is 11.0 Å². The van der Waals surface area contributed by atoms with Crippen LogP contribution >= 0.6 is 57.9 Å². The van der Waals surface area contributed by atoms with Gasteiger partial charge in [-0.2, -0.15) is 0 Å². The van der Waals surface area contributed by atoms with Gasteiger partial charge in [-0.1, -0.05) is 52.6 Å². The molecule has 30 heavy (non-hydrogen) atoms. The molecule has 0 aliphatic rings. The maximum absolute atomic E-state index is 12.5. The summed E-state index contributed by atoms with van der Waals surface area (Å²) in [6, 6.07) is 16.2. The number of hydrogen-bond acceptors (Lipinski definition) is 5. The molecule has 2 aromatic carbocycles. The van der Waals surface area contributed by atoms with E-state index in [9.17, 15) is 4.79 Å². The van der Waals surface area contributed by atoms with Gasteiger partial charge in [0.1, 0.15) is 0 Å². The van der Waals surface area contributed by atoms with E-state index in [0.29, 0.717) is 31.7 Å². The summed E-state index contributed by atoms with van der Waals surface area (Å²) in [5, 5.41) is 15.5. The lowest BCUT2D eigenvalue weighted by Gasteiger charge is -2.10. The Bertz CT molecular complexity index is 1180. The molecule has 0 spiro atoms. The van der Waals surface area contributed by atoms with E-state index in [2.05, 4.69) is 15.5 Å². The Kier molecular flexibility index (Phi) is 6.65. The van der Waals surface area contributed by atoms with Crippen LogP contribution in [0, 0.1) is 0 Å². The minimum absolute atomic E-state index is 0.134. The van der Waals surface area contributed by atoms with Crippen molar-refractivity contribution in [1.29, 1.82) is 0 Å². The molecule has 1 N–H and O–H groups in total. The lowest BCUT2D eigenvalue weighted by Crippen LogP contribution is -2.15. The maximum atomic E-state index is 12.5. The molecule has 0 saturated carbocycles. The molecule has 0 bridgehead atoms. The average molecular weight is 496 g/mol. The number of hydrogen-bond donors (Lipinski definition) is 1. The van der Waals surface area contributed by atoms with E-state index in [4.69, 9.17) is 34.8 Å². The molecule has 0 aliphatic heterocycles. The van der Waals surface area contributed by atoms with Crippen molar-refractivity contribution in [2.45, 2.75) is 5.16 Å². The van der Waals surface area contributed by atoms with Gasteiger partial charge in [0.05, 0.1) is 21.3 Å². The zero-order chi connectivity index (χ0) is 21.1. The van der Waals surface area contributed by atoms with Gasteiger partial charge in [-0.3, -0.25) is 9.36 Å². The van der Waals surface area contributed by atoms with Crippen molar-refractivity contribution in [3.63, 3.8) is 0 Å². The van der Waals surface area contributed by atoms with Crippen molar-refractivity contribution in [3.8, 4) is 16.4 Å². The van der Waals surface area contributed by atoms with Gasteiger partial charge < -0.3 is 5.32 Å². The van der Waals surface area contributed by atoms with E-state index >= 15 is 0 Å². The normalized spacial score (nSPS) is 10.9. The van der Waals surface area contributed by atoms with Gasteiger partial charge in [0.25, 0.3) is 0 Å². The van der Waals surface area contributed by atoms with Crippen molar-refractivity contribution in [2.24, 2.45) is 0 Å². The highest BCUT2D eigenvalue weighted by Crippen LogP contribution is 2.31. The van der Waals surface area contributed by atoms with Crippen LogP contribution in [-0.4, -0.2) is 26.4 Å². The fourth-order valence-corrected chi connectivity index (χ4v) is 4.69. The molecule has 2 aromatic heterocycles. The predicted molar refractivity (Wildman–Crippen MR) is 125 cm³/mol. The van der Waals surface area contributed by atoms with E-state index in [0.717, 1.165) is 10.6 Å². The third-order valence-corrected chi connectivity index (χ3v) is 6.59. The number of rotatable bonds is 6. The molecular weight excluding hydrogens is 483 g/mol. The highest BCUT2D eigenvalue weighted by Gasteiger charge is 2.18. The fourth-order valence-electron chi connectivity index (χ4n) is 2.66. The molecule has 10 heteroatoms. The van der Waals surface area contributed by atoms with Crippen molar-refractivity contribution in [2.75, 3.05) is 11.1 Å². The number of thioether (sulfide) groups is 1. The molecule has 2 heterocycles. The number of amides is 1. The lowest BCUT2D eigenvalue weighted by molar-refractivity contribution is -0.113. The van der Waals surface area contributed by atoms with E-state index in [1.54, 1.807) is 41.7 Å². The van der Waals surface area contributed by atoms with E-state index in [-0.39, 0.29) is 11.7 Å². The summed E-state index contributed by atoms with van der Waals surface area (Å²) in [5.74, 6) is 0.623. The van der Waals surface area contributed by atoms with Crippen LogP contribution in [-0.2, 0) is 4.79 Å². The smallest absolute Gasteiger partial charge is 0.234 e. The van der Waals surface area contributed by atoms with Crippen molar-refractivity contribution >= 4 is 69.5 Å². The number of halogens is 3. The lowest BCUT2D eigenvalue weighted by atomic mass is 10.3. The molecule has 4 aromatic rings. The minimum atomic E-state index is -0.215. The first-order valence-corrected chi connectivity index (χ1v) is 11.6. The van der Waals surface area contributed by atoms with Crippen LogP contribution in [0.4, 0.5) is 5.69 Å². The number of carbonyl (C=O) groups excluding carboxylic acids is 1. The second kappa shape index (κ2) is 9.41. The molecule has 0 unspecified atom stereocenters. The summed E-state index contributed by atoms with van der Waals surface area (Å²) < 4.78 is 1.91. The Morgan fingerprint density at radius 1 is 1.03 bits per heavy atom. The molecule has 0 radical (unpaired) electrons. The summed E-state index contributed by atoms with van der Waals surface area (Å²) >= 11 is 20.9. The first-order valence-electron chi connectivity index (χ1n) is 8.64. The number of benzene rings is 2. The summed E-state index contributed by atoms with van der Waals surface area (Å²) in [7, 11) is 0. The summed E-state index contributed by atoms with van der Waals surface area (Å²) in [6.07, 6.45) is 0. The van der Waals surface area contributed by atoms with Crippen LogP contribution in [0.5, 0.6) is 0 Å². The van der Waals surface area contributed by atoms with Crippen LogP contribution < -0.4 is 5.32 Å². The zero-order valence-electron chi connectivity index (χ0n) is 15.2. The minimum Gasteiger partial charge on any atom is -0.324 e. The highest BCUT2D eigenvalue weighted by atomic mass is 35.5. The Labute approximate surface area is 196 Å². The van der Waals surface area contributed by atoms with Gasteiger partial charge in [-0.25, -0.2) is 0 Å². The second-order valence-corrected chi connectivity index (χ2v) is 9.23. The Balaban J connectivity index is 1.56. The van der Waals surface area contributed by atoms with E-state index < -0.39 is 0 Å². The molecule has 152 valence electrons. The number of thiophene rings is 1. The SMILES string of the molecule is O=C(CSc1nnc(-c2cccs2)n1-c1ccc(Cl)cc1)Nc1ccc(Cl)cc1Cl. The van der Waals surface area contributed by atoms with Crippen LogP contribution in [0.15, 0.2) is 65.1 Å². The van der Waals surface area contributed by atoms with Crippen LogP contribution in [0.25, 0.3) is 16.4 Å². The summed E-state index contributed by atoms with van der Waals surface area (Å²) in [6.45, 7) is 0. The quantitative estimate of drug-likeness (QED) is 0.303. The highest BCUT2D eigenvalue weighted by molar-refractivity contribution is 7.99. The topological polar surface area (TPSA) is 59.8 Å². The van der Waals surface area contributed by atoms with E-state index in [1.807, 2.05) is 34.2 Å². The second-order valence-electron chi connectivity index (χ2n) is 6.06. The Morgan fingerprint density at radius 3 is 2.50 bits per heavy atom. The van der Waals surface area contributed by atoms with Gasteiger partial charge >= 0.3 is 0 Å². The number of anilines is 1. The van der Waals surface area contributed by atoms with Gasteiger partial charge in [-0.15, -0.1) is 21.5 Å². The zero-order valence-corrected chi connectivity index (χ0v) is 19.1. The number of nitrogens with zero attached hydrogens (tertiary/aromatic N) is 3. The van der Waals surface area contributed by atoms with Crippen molar-refractivity contribution < 1.29 is 4.79 Å². The number of nitrogens with one attached hydrogen (secondary N) is 1. The van der Waals surface area contributed by atoms with Crippen LogP contribution in [0.1, 0.15) is 0 Å². The third-order valence-electron chi connectivity index (χ3n) is 4.00. The first-order chi connectivity index (χ1) is 14.5. The molecule has 0 atom stereocenters. The third kappa shape index (κ3) is 4.82. The molecule has 5 nitrogen and oxygen atoms in total. The fraction of sp³-hybridized carbons (Fsp3) is 0.0500. The molecule has 4 rings (SSSR count). The van der Waals surface area contributed by atoms with Gasteiger partial charge in [0.2, 0.25) is 5.91 Å². The molecule has 0 saturated heterocycles. The standard InChI is InChI=1S/C20H13Cl3N4OS2/c21-12-3-6-14(7-4-12)27-19(17-2-1-9-29-17)25-26-20(27)30-11-18(28)24-16-8-5-13(22)10-15(16)23/h1-10H,11H2,(H,24,28). The predicted octanol–water partition coefficient (Wildman–Crippen LogP) is 6.69. The maximum Gasteiger partial charge on any atom is 0.234 e. The molecular formula is C20H13Cl3N4OS2. The first kappa shape index (κ1) is 21.2. The Morgan fingerprint density at radius 2 is 1.80 bits per heavy atom. The number of aromatic nitrogens is 3. The summed E-state index contributed by atoms with van der Waals surface area (Å²) in [5.41, 5.74) is 1.36. The Hall–Kier alpha value is -2.03. The van der Waals surface area contributed by atoms with E-state index in [1.165, 1.54) is 11.8 Å². The molecule has 0 fully saturated rings. The molecule has 1 amide bonds. The average Bonchev–Trinajstić information content (AvgIpc) is 3.39. The van der Waals surface area contributed by atoms with Gasteiger partial charge in [0, 0.05) is 15.7 Å². The van der Waals surface area contributed by atoms with Gasteiger partial charge in [-0.05, 0) is 53.9 Å². The van der Waals surface area contributed by atoms with Crippen LogP contribution in [0.2, 0.25) is 15.1 Å². The van der Waals surface area contributed by atoms with Crippen molar-refractivity contribution in [1.82, 2.24) is 14.8 Å².